The lowest BCUT2D eigenvalue weighted by molar-refractivity contribution is -0.115. The molecule has 0 radical (unpaired) electrons. The zero-order valence-electron chi connectivity index (χ0n) is 7.18. The van der Waals surface area contributed by atoms with Gasteiger partial charge in [-0.1, -0.05) is 19.4 Å². The minimum Gasteiger partial charge on any atom is -0.295 e. The quantitative estimate of drug-likeness (QED) is 0.560. The molecule has 2 aliphatic rings. The summed E-state index contributed by atoms with van der Waals surface area (Å²) in [6, 6.07) is 0. The number of ketones is 1. The van der Waals surface area contributed by atoms with Crippen LogP contribution in [-0.2, 0) is 4.79 Å². The van der Waals surface area contributed by atoms with Gasteiger partial charge in [-0.15, -0.1) is 0 Å². The maximum absolute atomic E-state index is 11.3. The molecule has 0 saturated carbocycles. The molecule has 0 aliphatic heterocycles. The lowest BCUT2D eigenvalue weighted by Gasteiger charge is -2.35. The van der Waals surface area contributed by atoms with Crippen LogP contribution in [0.25, 0.3) is 0 Å². The van der Waals surface area contributed by atoms with E-state index in [1.807, 2.05) is 0 Å². The molecule has 2 atom stereocenters. The predicted molar refractivity (Wildman–Crippen MR) is 44.2 cm³/mol. The standard InChI is InChI=1S/C10H14O/c1-3-7-6(2)8-4-5-9(11)10(7)8/h6-7H,3-5H2,1-2H3/t6?,7-/m0/s1. The number of Topliss-reactive ketones (excluding diaryl/α,β-unsaturated/α-hetero) is 1. The van der Waals surface area contributed by atoms with E-state index in [1.165, 1.54) is 11.1 Å². The number of rotatable bonds is 1. The first-order valence-corrected chi connectivity index (χ1v) is 4.51. The van der Waals surface area contributed by atoms with E-state index in [0.717, 1.165) is 19.3 Å². The highest BCUT2D eigenvalue weighted by Crippen LogP contribution is 2.49. The Hall–Kier alpha value is -0.590. The molecule has 0 heterocycles. The number of hydrogen-bond acceptors (Lipinski definition) is 1. The van der Waals surface area contributed by atoms with Gasteiger partial charge in [-0.25, -0.2) is 0 Å². The monoisotopic (exact) mass is 150 g/mol. The minimum absolute atomic E-state index is 0.435. The highest BCUT2D eigenvalue weighted by Gasteiger charge is 2.42. The lowest BCUT2D eigenvalue weighted by Crippen LogP contribution is -2.28. The zero-order chi connectivity index (χ0) is 8.01. The van der Waals surface area contributed by atoms with Crippen LogP contribution in [0.15, 0.2) is 11.1 Å². The topological polar surface area (TPSA) is 17.1 Å². The lowest BCUT2D eigenvalue weighted by atomic mass is 9.69. The van der Waals surface area contributed by atoms with Crippen LogP contribution in [0.4, 0.5) is 0 Å². The Bertz CT molecular complexity index is 237. The maximum atomic E-state index is 11.3. The Balaban J connectivity index is 2.29. The van der Waals surface area contributed by atoms with Gasteiger partial charge in [0.05, 0.1) is 0 Å². The molecule has 0 N–H and O–H groups in total. The van der Waals surface area contributed by atoms with E-state index < -0.39 is 0 Å². The number of allylic oxidation sites excluding steroid dienone is 2. The average molecular weight is 150 g/mol. The molecule has 60 valence electrons. The van der Waals surface area contributed by atoms with Crippen molar-refractivity contribution in [3.63, 3.8) is 0 Å². The van der Waals surface area contributed by atoms with Gasteiger partial charge < -0.3 is 0 Å². The first-order valence-electron chi connectivity index (χ1n) is 4.51. The molecule has 1 unspecified atom stereocenters. The third-order valence-electron chi connectivity index (χ3n) is 3.23. The fraction of sp³-hybridized carbons (Fsp3) is 0.700. The SMILES string of the molecule is CC[C@@H]1C2=C(CCC2=O)C1C. The van der Waals surface area contributed by atoms with Gasteiger partial charge in [-0.3, -0.25) is 4.79 Å². The van der Waals surface area contributed by atoms with E-state index in [9.17, 15) is 4.79 Å². The van der Waals surface area contributed by atoms with Gasteiger partial charge in [-0.05, 0) is 30.3 Å². The molecule has 0 spiro atoms. The molecule has 11 heavy (non-hydrogen) atoms. The molecular formula is C10H14O. The van der Waals surface area contributed by atoms with Gasteiger partial charge in [-0.2, -0.15) is 0 Å². The summed E-state index contributed by atoms with van der Waals surface area (Å²) in [5.41, 5.74) is 2.68. The predicted octanol–water partition coefficient (Wildman–Crippen LogP) is 2.32. The molecule has 2 rings (SSSR count). The third-order valence-corrected chi connectivity index (χ3v) is 3.23. The van der Waals surface area contributed by atoms with Gasteiger partial charge in [0.1, 0.15) is 0 Å². The summed E-state index contributed by atoms with van der Waals surface area (Å²) in [6.45, 7) is 4.43. The first-order chi connectivity index (χ1) is 5.25. The molecule has 2 aliphatic carbocycles. The summed E-state index contributed by atoms with van der Waals surface area (Å²) in [6.07, 6.45) is 3.00. The van der Waals surface area contributed by atoms with Gasteiger partial charge in [0, 0.05) is 6.42 Å². The Kier molecular flexibility index (Phi) is 1.41. The van der Waals surface area contributed by atoms with Crippen molar-refractivity contribution in [2.75, 3.05) is 0 Å². The van der Waals surface area contributed by atoms with Gasteiger partial charge in [0.2, 0.25) is 0 Å². The van der Waals surface area contributed by atoms with E-state index in [-0.39, 0.29) is 0 Å². The molecule has 1 heteroatoms. The van der Waals surface area contributed by atoms with Crippen molar-refractivity contribution in [3.8, 4) is 0 Å². The van der Waals surface area contributed by atoms with Crippen LogP contribution in [-0.4, -0.2) is 5.78 Å². The van der Waals surface area contributed by atoms with Crippen molar-refractivity contribution in [2.45, 2.75) is 33.1 Å². The Morgan fingerprint density at radius 2 is 2.18 bits per heavy atom. The van der Waals surface area contributed by atoms with Crippen LogP contribution in [0.5, 0.6) is 0 Å². The third kappa shape index (κ3) is 0.741. The fourth-order valence-corrected chi connectivity index (χ4v) is 2.57. The molecule has 0 amide bonds. The van der Waals surface area contributed by atoms with E-state index in [2.05, 4.69) is 13.8 Å². The summed E-state index contributed by atoms with van der Waals surface area (Å²) in [5, 5.41) is 0. The smallest absolute Gasteiger partial charge is 0.159 e. The van der Waals surface area contributed by atoms with Gasteiger partial charge in [0.25, 0.3) is 0 Å². The highest BCUT2D eigenvalue weighted by atomic mass is 16.1. The average Bonchev–Trinajstić information content (AvgIpc) is 2.30. The number of hydrogen-bond donors (Lipinski definition) is 0. The van der Waals surface area contributed by atoms with Crippen molar-refractivity contribution < 1.29 is 4.79 Å². The van der Waals surface area contributed by atoms with Crippen molar-refractivity contribution >= 4 is 5.78 Å². The van der Waals surface area contributed by atoms with Crippen LogP contribution >= 0.6 is 0 Å². The minimum atomic E-state index is 0.435. The number of carbonyl (C=O) groups is 1. The molecule has 0 aromatic carbocycles. The first kappa shape index (κ1) is 7.08. The van der Waals surface area contributed by atoms with Crippen LogP contribution in [0, 0.1) is 11.8 Å². The molecule has 0 aromatic heterocycles. The summed E-state index contributed by atoms with van der Waals surface area (Å²) >= 11 is 0. The molecule has 0 fully saturated rings. The van der Waals surface area contributed by atoms with E-state index in [1.54, 1.807) is 0 Å². The summed E-state index contributed by atoms with van der Waals surface area (Å²) < 4.78 is 0. The van der Waals surface area contributed by atoms with Crippen molar-refractivity contribution in [1.29, 1.82) is 0 Å². The van der Waals surface area contributed by atoms with Crippen molar-refractivity contribution in [3.05, 3.63) is 11.1 Å². The second-order valence-electron chi connectivity index (χ2n) is 3.67. The van der Waals surface area contributed by atoms with Crippen LogP contribution in [0.1, 0.15) is 33.1 Å². The zero-order valence-corrected chi connectivity index (χ0v) is 7.18. The molecule has 0 aromatic rings. The second-order valence-corrected chi connectivity index (χ2v) is 3.67. The molecule has 0 saturated heterocycles. The van der Waals surface area contributed by atoms with Crippen molar-refractivity contribution in [1.82, 2.24) is 0 Å². The Morgan fingerprint density at radius 3 is 2.82 bits per heavy atom. The van der Waals surface area contributed by atoms with Crippen LogP contribution in [0.2, 0.25) is 0 Å². The summed E-state index contributed by atoms with van der Waals surface area (Å²) in [5.74, 6) is 1.76. The van der Waals surface area contributed by atoms with Crippen molar-refractivity contribution in [2.24, 2.45) is 11.8 Å². The van der Waals surface area contributed by atoms with E-state index >= 15 is 0 Å². The molecule has 1 nitrogen and oxygen atoms in total. The maximum Gasteiger partial charge on any atom is 0.159 e. The summed E-state index contributed by atoms with van der Waals surface area (Å²) in [4.78, 5) is 11.3. The van der Waals surface area contributed by atoms with Crippen LogP contribution < -0.4 is 0 Å². The number of carbonyl (C=O) groups excluding carboxylic acids is 1. The normalized spacial score (nSPS) is 35.6. The largest absolute Gasteiger partial charge is 0.295 e. The second kappa shape index (κ2) is 2.20. The van der Waals surface area contributed by atoms with Gasteiger partial charge in [0.15, 0.2) is 5.78 Å². The Labute approximate surface area is 67.5 Å². The summed E-state index contributed by atoms with van der Waals surface area (Å²) in [7, 11) is 0. The van der Waals surface area contributed by atoms with E-state index in [4.69, 9.17) is 0 Å². The van der Waals surface area contributed by atoms with Crippen LogP contribution in [0.3, 0.4) is 0 Å². The highest BCUT2D eigenvalue weighted by molar-refractivity contribution is 6.01. The van der Waals surface area contributed by atoms with Gasteiger partial charge >= 0.3 is 0 Å². The van der Waals surface area contributed by atoms with E-state index in [0.29, 0.717) is 17.6 Å². The molecule has 0 bridgehead atoms. The molecular weight excluding hydrogens is 136 g/mol. The Morgan fingerprint density at radius 1 is 1.45 bits per heavy atom. The fourth-order valence-electron chi connectivity index (χ4n) is 2.57.